The topological polar surface area (TPSA) is 41.6 Å². The van der Waals surface area contributed by atoms with Gasteiger partial charge in [0, 0.05) is 26.2 Å². The molecule has 0 radical (unpaired) electrons. The van der Waals surface area contributed by atoms with Gasteiger partial charge >= 0.3 is 5.97 Å². The van der Waals surface area contributed by atoms with Gasteiger partial charge in [-0.05, 0) is 40.5 Å². The Labute approximate surface area is 126 Å². The Kier molecular flexibility index (Phi) is 5.51. The number of rotatable bonds is 4. The summed E-state index contributed by atoms with van der Waals surface area (Å²) in [6, 6.07) is 4.19. The second-order valence-electron chi connectivity index (χ2n) is 4.61. The van der Waals surface area contributed by atoms with Crippen molar-refractivity contribution in [2.45, 2.75) is 13.0 Å². The van der Waals surface area contributed by atoms with Gasteiger partial charge in [-0.1, -0.05) is 6.07 Å². The summed E-state index contributed by atoms with van der Waals surface area (Å²) in [5, 5.41) is 3.25. The molecule has 1 saturated heterocycles. The minimum absolute atomic E-state index is 0.284. The maximum atomic E-state index is 13.4. The first-order valence-corrected chi connectivity index (χ1v) is 7.49. The SMILES string of the molecule is CCOC(=O)C(c1ccc(F)c(Br)c1)N1CCNCC1. The highest BCUT2D eigenvalue weighted by Crippen LogP contribution is 2.27. The van der Waals surface area contributed by atoms with E-state index in [2.05, 4.69) is 26.1 Å². The molecule has 0 amide bonds. The fourth-order valence-electron chi connectivity index (χ4n) is 2.34. The fraction of sp³-hybridized carbons (Fsp3) is 0.500. The molecular weight excluding hydrogens is 327 g/mol. The largest absolute Gasteiger partial charge is 0.465 e. The summed E-state index contributed by atoms with van der Waals surface area (Å²) in [5.41, 5.74) is 0.749. The first kappa shape index (κ1) is 15.4. The van der Waals surface area contributed by atoms with Crippen LogP contribution >= 0.6 is 15.9 Å². The van der Waals surface area contributed by atoms with Crippen LogP contribution in [0.3, 0.4) is 0 Å². The Morgan fingerprint density at radius 2 is 2.20 bits per heavy atom. The number of piperazine rings is 1. The first-order valence-electron chi connectivity index (χ1n) is 6.70. The Balaban J connectivity index is 2.28. The number of esters is 1. The second kappa shape index (κ2) is 7.15. The lowest BCUT2D eigenvalue weighted by atomic mass is 10.0. The molecule has 1 aliphatic heterocycles. The van der Waals surface area contributed by atoms with E-state index < -0.39 is 6.04 Å². The Bertz CT molecular complexity index is 478. The smallest absolute Gasteiger partial charge is 0.328 e. The predicted octanol–water partition coefficient (Wildman–Crippen LogP) is 2.10. The van der Waals surface area contributed by atoms with Crippen molar-refractivity contribution in [1.29, 1.82) is 0 Å². The molecular formula is C14H18BrFN2O2. The molecule has 0 saturated carbocycles. The van der Waals surface area contributed by atoms with Crippen molar-refractivity contribution >= 4 is 21.9 Å². The summed E-state index contributed by atoms with van der Waals surface area (Å²) < 4.78 is 18.9. The van der Waals surface area contributed by atoms with Crippen LogP contribution in [0, 0.1) is 5.82 Å². The minimum Gasteiger partial charge on any atom is -0.465 e. The second-order valence-corrected chi connectivity index (χ2v) is 5.47. The highest BCUT2D eigenvalue weighted by atomic mass is 79.9. The molecule has 0 aromatic heterocycles. The first-order chi connectivity index (χ1) is 9.63. The molecule has 1 heterocycles. The lowest BCUT2D eigenvalue weighted by Crippen LogP contribution is -2.47. The van der Waals surface area contributed by atoms with Crippen molar-refractivity contribution < 1.29 is 13.9 Å². The molecule has 20 heavy (non-hydrogen) atoms. The van der Waals surface area contributed by atoms with Crippen LogP contribution < -0.4 is 5.32 Å². The highest BCUT2D eigenvalue weighted by Gasteiger charge is 2.30. The number of hydrogen-bond acceptors (Lipinski definition) is 4. The predicted molar refractivity (Wildman–Crippen MR) is 77.9 cm³/mol. The molecule has 0 aliphatic carbocycles. The van der Waals surface area contributed by atoms with E-state index >= 15 is 0 Å². The third kappa shape index (κ3) is 3.56. The van der Waals surface area contributed by atoms with Crippen LogP contribution in [0.1, 0.15) is 18.5 Å². The molecule has 0 bridgehead atoms. The number of carbonyl (C=O) groups is 1. The van der Waals surface area contributed by atoms with Crippen molar-refractivity contribution in [3.05, 3.63) is 34.1 Å². The van der Waals surface area contributed by atoms with E-state index in [0.717, 1.165) is 31.7 Å². The zero-order valence-electron chi connectivity index (χ0n) is 11.4. The molecule has 110 valence electrons. The van der Waals surface area contributed by atoms with Gasteiger partial charge in [-0.2, -0.15) is 0 Å². The zero-order chi connectivity index (χ0) is 14.5. The molecule has 2 rings (SSSR count). The maximum absolute atomic E-state index is 13.4. The van der Waals surface area contributed by atoms with Gasteiger partial charge in [-0.15, -0.1) is 0 Å². The number of nitrogens with one attached hydrogen (secondary N) is 1. The molecule has 6 heteroatoms. The monoisotopic (exact) mass is 344 g/mol. The van der Waals surface area contributed by atoms with Crippen LogP contribution in [-0.4, -0.2) is 43.7 Å². The van der Waals surface area contributed by atoms with Crippen molar-refractivity contribution in [1.82, 2.24) is 10.2 Å². The maximum Gasteiger partial charge on any atom is 0.328 e. The van der Waals surface area contributed by atoms with Crippen molar-refractivity contribution in [3.63, 3.8) is 0 Å². The number of hydrogen-bond donors (Lipinski definition) is 1. The fourth-order valence-corrected chi connectivity index (χ4v) is 2.74. The molecule has 1 unspecified atom stereocenters. The van der Waals surface area contributed by atoms with Gasteiger partial charge < -0.3 is 10.1 Å². The van der Waals surface area contributed by atoms with E-state index in [1.165, 1.54) is 6.07 Å². The number of ether oxygens (including phenoxy) is 1. The third-order valence-corrected chi connectivity index (χ3v) is 3.89. The van der Waals surface area contributed by atoms with E-state index in [1.54, 1.807) is 19.1 Å². The van der Waals surface area contributed by atoms with E-state index in [4.69, 9.17) is 4.74 Å². The summed E-state index contributed by atoms with van der Waals surface area (Å²) in [4.78, 5) is 14.3. The summed E-state index contributed by atoms with van der Waals surface area (Å²) in [6.45, 7) is 5.31. The van der Waals surface area contributed by atoms with Crippen LogP contribution in [0.4, 0.5) is 4.39 Å². The average Bonchev–Trinajstić information content (AvgIpc) is 2.44. The third-order valence-electron chi connectivity index (χ3n) is 3.29. The number of nitrogens with zero attached hydrogens (tertiary/aromatic N) is 1. The molecule has 1 N–H and O–H groups in total. The Hall–Kier alpha value is -0.980. The summed E-state index contributed by atoms with van der Waals surface area (Å²) in [5.74, 6) is -0.621. The molecule has 1 atom stereocenters. The number of halogens is 2. The molecule has 1 aromatic carbocycles. The number of benzene rings is 1. The van der Waals surface area contributed by atoms with Gasteiger partial charge in [0.05, 0.1) is 11.1 Å². The van der Waals surface area contributed by atoms with E-state index in [-0.39, 0.29) is 11.8 Å². The van der Waals surface area contributed by atoms with E-state index in [0.29, 0.717) is 11.1 Å². The summed E-state index contributed by atoms with van der Waals surface area (Å²) >= 11 is 3.17. The normalized spacial score (nSPS) is 17.8. The molecule has 0 spiro atoms. The van der Waals surface area contributed by atoms with Crippen molar-refractivity contribution in [2.75, 3.05) is 32.8 Å². The van der Waals surface area contributed by atoms with Crippen molar-refractivity contribution in [3.8, 4) is 0 Å². The van der Waals surface area contributed by atoms with Gasteiger partial charge in [0.2, 0.25) is 0 Å². The van der Waals surface area contributed by atoms with Crippen LogP contribution in [0.25, 0.3) is 0 Å². The Morgan fingerprint density at radius 3 is 2.80 bits per heavy atom. The average molecular weight is 345 g/mol. The Morgan fingerprint density at radius 1 is 1.50 bits per heavy atom. The molecule has 4 nitrogen and oxygen atoms in total. The molecule has 1 aromatic rings. The van der Waals surface area contributed by atoms with Crippen LogP contribution in [-0.2, 0) is 9.53 Å². The molecule has 1 fully saturated rings. The van der Waals surface area contributed by atoms with Crippen LogP contribution in [0.5, 0.6) is 0 Å². The van der Waals surface area contributed by atoms with E-state index in [1.807, 2.05) is 0 Å². The van der Waals surface area contributed by atoms with Gasteiger partial charge in [-0.3, -0.25) is 4.90 Å². The van der Waals surface area contributed by atoms with Gasteiger partial charge in [0.15, 0.2) is 0 Å². The molecule has 1 aliphatic rings. The van der Waals surface area contributed by atoms with E-state index in [9.17, 15) is 9.18 Å². The van der Waals surface area contributed by atoms with Gasteiger partial charge in [0.25, 0.3) is 0 Å². The van der Waals surface area contributed by atoms with Crippen LogP contribution in [0.2, 0.25) is 0 Å². The highest BCUT2D eigenvalue weighted by molar-refractivity contribution is 9.10. The zero-order valence-corrected chi connectivity index (χ0v) is 13.0. The lowest BCUT2D eigenvalue weighted by Gasteiger charge is -2.33. The van der Waals surface area contributed by atoms with Gasteiger partial charge in [-0.25, -0.2) is 9.18 Å². The van der Waals surface area contributed by atoms with Crippen LogP contribution in [0.15, 0.2) is 22.7 Å². The summed E-state index contributed by atoms with van der Waals surface area (Å²) in [6.07, 6.45) is 0. The van der Waals surface area contributed by atoms with Crippen molar-refractivity contribution in [2.24, 2.45) is 0 Å². The standard InChI is InChI=1S/C14H18BrFN2O2/c1-2-20-14(19)13(18-7-5-17-6-8-18)10-3-4-12(16)11(15)9-10/h3-4,9,13,17H,2,5-8H2,1H3. The summed E-state index contributed by atoms with van der Waals surface area (Å²) in [7, 11) is 0. The lowest BCUT2D eigenvalue weighted by molar-refractivity contribution is -0.150. The minimum atomic E-state index is -0.478. The van der Waals surface area contributed by atoms with Gasteiger partial charge in [0.1, 0.15) is 11.9 Å². The quantitative estimate of drug-likeness (QED) is 0.849. The number of carbonyl (C=O) groups excluding carboxylic acids is 1.